The van der Waals surface area contributed by atoms with Crippen LogP contribution in [0, 0.1) is 0 Å². The van der Waals surface area contributed by atoms with Gasteiger partial charge in [-0.25, -0.2) is 4.79 Å². The van der Waals surface area contributed by atoms with Crippen molar-refractivity contribution in [2.24, 2.45) is 0 Å². The Balaban J connectivity index is 1.59. The Bertz CT molecular complexity index is 746. The molecule has 1 fully saturated rings. The number of piperazine rings is 1. The smallest absolute Gasteiger partial charge is 0.321 e. The number of hydrogen-bond acceptors (Lipinski definition) is 2. The van der Waals surface area contributed by atoms with E-state index in [0.29, 0.717) is 28.8 Å². The molecule has 3 rings (SSSR count). The maximum absolute atomic E-state index is 12.4. The Morgan fingerprint density at radius 3 is 2.25 bits per heavy atom. The quantitative estimate of drug-likeness (QED) is 0.791. The molecule has 1 aliphatic rings. The lowest BCUT2D eigenvalue weighted by Crippen LogP contribution is -2.50. The van der Waals surface area contributed by atoms with Crippen molar-refractivity contribution in [3.63, 3.8) is 0 Å². The Morgan fingerprint density at radius 2 is 1.58 bits per heavy atom. The number of halogens is 3. The van der Waals surface area contributed by atoms with E-state index >= 15 is 0 Å². The number of para-hydroxylation sites is 1. The first-order chi connectivity index (χ1) is 11.5. The predicted molar refractivity (Wildman–Crippen MR) is 101 cm³/mol. The summed E-state index contributed by atoms with van der Waals surface area (Å²) in [6.45, 7) is 2.72. The number of urea groups is 1. The second-order valence-corrected chi connectivity index (χ2v) is 6.71. The van der Waals surface area contributed by atoms with Crippen LogP contribution in [0.5, 0.6) is 0 Å². The van der Waals surface area contributed by atoms with Gasteiger partial charge in [0.15, 0.2) is 0 Å². The van der Waals surface area contributed by atoms with Crippen LogP contribution in [0.3, 0.4) is 0 Å². The van der Waals surface area contributed by atoms with Crippen molar-refractivity contribution in [2.45, 2.75) is 0 Å². The molecule has 0 atom stereocenters. The van der Waals surface area contributed by atoms with Crippen LogP contribution in [0.4, 0.5) is 16.2 Å². The van der Waals surface area contributed by atoms with Crippen LogP contribution in [-0.4, -0.2) is 37.1 Å². The lowest BCUT2D eigenvalue weighted by atomic mass is 10.2. The van der Waals surface area contributed by atoms with Crippen LogP contribution in [-0.2, 0) is 0 Å². The lowest BCUT2D eigenvalue weighted by Gasteiger charge is -2.36. The summed E-state index contributed by atoms with van der Waals surface area (Å²) in [5.74, 6) is 0. The van der Waals surface area contributed by atoms with Crippen LogP contribution in [0.2, 0.25) is 15.1 Å². The molecular weight excluding hydrogens is 369 g/mol. The molecule has 1 saturated heterocycles. The van der Waals surface area contributed by atoms with Crippen LogP contribution in [0.25, 0.3) is 0 Å². The third kappa shape index (κ3) is 3.89. The van der Waals surface area contributed by atoms with Gasteiger partial charge in [0.05, 0.1) is 20.8 Å². The molecule has 0 bridgehead atoms. The average molecular weight is 385 g/mol. The van der Waals surface area contributed by atoms with Gasteiger partial charge in [-0.1, -0.05) is 46.9 Å². The average Bonchev–Trinajstić information content (AvgIpc) is 2.59. The highest BCUT2D eigenvalue weighted by Crippen LogP contribution is 2.27. The standard InChI is InChI=1S/C17H16Cl3N3O/c18-13-6-5-12(11-15(13)20)21-17(24)23-9-7-22(8-10-23)16-4-2-1-3-14(16)19/h1-6,11H,7-10H2,(H,21,24). The first-order valence-corrected chi connectivity index (χ1v) is 8.68. The molecule has 126 valence electrons. The summed E-state index contributed by atoms with van der Waals surface area (Å²) in [4.78, 5) is 16.3. The van der Waals surface area contributed by atoms with E-state index in [2.05, 4.69) is 10.2 Å². The zero-order valence-corrected chi connectivity index (χ0v) is 15.1. The van der Waals surface area contributed by atoms with E-state index in [1.54, 1.807) is 23.1 Å². The fraction of sp³-hybridized carbons (Fsp3) is 0.235. The van der Waals surface area contributed by atoms with Crippen molar-refractivity contribution in [1.82, 2.24) is 4.90 Å². The van der Waals surface area contributed by atoms with E-state index < -0.39 is 0 Å². The highest BCUT2D eigenvalue weighted by molar-refractivity contribution is 6.42. The molecule has 0 unspecified atom stereocenters. The number of amides is 2. The van der Waals surface area contributed by atoms with Crippen molar-refractivity contribution >= 4 is 52.2 Å². The number of carbonyl (C=O) groups excluding carboxylic acids is 1. The SMILES string of the molecule is O=C(Nc1ccc(Cl)c(Cl)c1)N1CCN(c2ccccc2Cl)CC1. The molecule has 2 aromatic carbocycles. The fourth-order valence-electron chi connectivity index (χ4n) is 2.64. The topological polar surface area (TPSA) is 35.6 Å². The summed E-state index contributed by atoms with van der Waals surface area (Å²) in [7, 11) is 0. The van der Waals surface area contributed by atoms with Crippen LogP contribution in [0.15, 0.2) is 42.5 Å². The first kappa shape index (κ1) is 17.2. The first-order valence-electron chi connectivity index (χ1n) is 7.55. The van der Waals surface area contributed by atoms with Gasteiger partial charge < -0.3 is 15.1 Å². The molecule has 0 spiro atoms. The number of hydrogen-bond donors (Lipinski definition) is 1. The molecule has 0 saturated carbocycles. The van der Waals surface area contributed by atoms with E-state index in [4.69, 9.17) is 34.8 Å². The van der Waals surface area contributed by atoms with Gasteiger partial charge in [0.1, 0.15) is 0 Å². The van der Waals surface area contributed by atoms with Gasteiger partial charge in [-0.2, -0.15) is 0 Å². The maximum Gasteiger partial charge on any atom is 0.321 e. The van der Waals surface area contributed by atoms with E-state index in [1.165, 1.54) is 0 Å². The molecule has 0 aromatic heterocycles. The normalized spacial score (nSPS) is 14.6. The third-order valence-corrected chi connectivity index (χ3v) is 4.99. The molecule has 7 heteroatoms. The van der Waals surface area contributed by atoms with Crippen molar-refractivity contribution in [3.8, 4) is 0 Å². The molecule has 1 heterocycles. The molecule has 1 aliphatic heterocycles. The Morgan fingerprint density at radius 1 is 0.875 bits per heavy atom. The molecule has 2 aromatic rings. The zero-order chi connectivity index (χ0) is 17.1. The minimum Gasteiger partial charge on any atom is -0.367 e. The third-order valence-electron chi connectivity index (χ3n) is 3.93. The molecule has 24 heavy (non-hydrogen) atoms. The van der Waals surface area contributed by atoms with Crippen LogP contribution in [0.1, 0.15) is 0 Å². The Hall–Kier alpha value is -1.62. The lowest BCUT2D eigenvalue weighted by molar-refractivity contribution is 0.208. The number of rotatable bonds is 2. The van der Waals surface area contributed by atoms with E-state index in [0.717, 1.165) is 23.8 Å². The van der Waals surface area contributed by atoms with Gasteiger partial charge >= 0.3 is 6.03 Å². The monoisotopic (exact) mass is 383 g/mol. The van der Waals surface area contributed by atoms with Gasteiger partial charge in [0, 0.05) is 31.9 Å². The van der Waals surface area contributed by atoms with Gasteiger partial charge in [-0.05, 0) is 30.3 Å². The number of nitrogens with one attached hydrogen (secondary N) is 1. The molecule has 2 amide bonds. The molecule has 4 nitrogen and oxygen atoms in total. The maximum atomic E-state index is 12.4. The molecular formula is C17H16Cl3N3O. The number of benzene rings is 2. The van der Waals surface area contributed by atoms with Gasteiger partial charge in [0.2, 0.25) is 0 Å². The van der Waals surface area contributed by atoms with Crippen LogP contribution < -0.4 is 10.2 Å². The van der Waals surface area contributed by atoms with Crippen molar-refractivity contribution < 1.29 is 4.79 Å². The van der Waals surface area contributed by atoms with Crippen molar-refractivity contribution in [3.05, 3.63) is 57.5 Å². The minimum atomic E-state index is -0.146. The Kier molecular flexibility index (Phi) is 5.39. The van der Waals surface area contributed by atoms with Gasteiger partial charge in [-0.15, -0.1) is 0 Å². The van der Waals surface area contributed by atoms with Crippen molar-refractivity contribution in [2.75, 3.05) is 36.4 Å². The van der Waals surface area contributed by atoms with Gasteiger partial charge in [0.25, 0.3) is 0 Å². The van der Waals surface area contributed by atoms with E-state index in [-0.39, 0.29) is 6.03 Å². The molecule has 0 aliphatic carbocycles. The summed E-state index contributed by atoms with van der Waals surface area (Å²) < 4.78 is 0. The molecule has 0 radical (unpaired) electrons. The van der Waals surface area contributed by atoms with E-state index in [9.17, 15) is 4.79 Å². The second kappa shape index (κ2) is 7.51. The fourth-order valence-corrected chi connectivity index (χ4v) is 3.19. The van der Waals surface area contributed by atoms with Crippen LogP contribution >= 0.6 is 34.8 Å². The minimum absolute atomic E-state index is 0.146. The summed E-state index contributed by atoms with van der Waals surface area (Å²) in [6.07, 6.45) is 0. The number of nitrogens with zero attached hydrogens (tertiary/aromatic N) is 2. The van der Waals surface area contributed by atoms with E-state index in [1.807, 2.05) is 24.3 Å². The van der Waals surface area contributed by atoms with Crippen molar-refractivity contribution in [1.29, 1.82) is 0 Å². The summed E-state index contributed by atoms with van der Waals surface area (Å²) in [5, 5.41) is 4.45. The highest BCUT2D eigenvalue weighted by Gasteiger charge is 2.22. The highest BCUT2D eigenvalue weighted by atomic mass is 35.5. The second-order valence-electron chi connectivity index (χ2n) is 5.48. The number of anilines is 2. The largest absolute Gasteiger partial charge is 0.367 e. The summed E-state index contributed by atoms with van der Waals surface area (Å²) in [6, 6.07) is 12.6. The summed E-state index contributed by atoms with van der Waals surface area (Å²) >= 11 is 18.1. The van der Waals surface area contributed by atoms with Gasteiger partial charge in [-0.3, -0.25) is 0 Å². The Labute approximate surface area is 155 Å². The zero-order valence-electron chi connectivity index (χ0n) is 12.8. The number of carbonyl (C=O) groups is 1. The molecule has 1 N–H and O–H groups in total. The summed E-state index contributed by atoms with van der Waals surface area (Å²) in [5.41, 5.74) is 1.63. The predicted octanol–water partition coefficient (Wildman–Crippen LogP) is 5.00.